The maximum atomic E-state index is 15.8. The van der Waals surface area contributed by atoms with Crippen molar-refractivity contribution >= 4 is 180 Å². The van der Waals surface area contributed by atoms with Gasteiger partial charge in [-0.3, -0.25) is 19.2 Å². The summed E-state index contributed by atoms with van der Waals surface area (Å²) in [4.78, 5) is 92.9. The number of carbonyl (C=O) groups excluding carboxylic acids is 4. The summed E-state index contributed by atoms with van der Waals surface area (Å²) < 4.78 is 2.54. The summed E-state index contributed by atoms with van der Waals surface area (Å²) in [5.41, 5.74) is 8.02. The first-order valence-corrected chi connectivity index (χ1v) is 54.1. The molecule has 4 amide bonds. The van der Waals surface area contributed by atoms with Crippen LogP contribution >= 0.6 is 113 Å². The van der Waals surface area contributed by atoms with E-state index in [4.69, 9.17) is 0 Å². The molecule has 4 aliphatic rings. The molecule has 0 unspecified atom stereocenters. The van der Waals surface area contributed by atoms with Crippen LogP contribution in [-0.2, 0) is 44.9 Å². The molecule has 0 atom stereocenters. The number of carbonyl (C=O) groups is 4. The number of rotatable bonds is 50. The molecule has 0 spiro atoms. The summed E-state index contributed by atoms with van der Waals surface area (Å²) in [6, 6.07) is 41.6. The highest BCUT2D eigenvalue weighted by molar-refractivity contribution is 7.30. The monoisotopic (exact) mass is 1790 g/mol. The fourth-order valence-electron chi connectivity index (χ4n) is 17.8. The Morgan fingerprint density at radius 3 is 0.675 bits per heavy atom. The van der Waals surface area contributed by atoms with Crippen LogP contribution in [0.1, 0.15) is 300 Å². The molecule has 8 nitrogen and oxygen atoms in total. The molecule has 14 heterocycles. The van der Waals surface area contributed by atoms with Gasteiger partial charge in [-0.25, -0.2) is 0 Å². The second-order valence-corrected chi connectivity index (χ2v) is 44.5. The lowest BCUT2D eigenvalue weighted by Crippen LogP contribution is -2.30. The molecule has 1 aromatic carbocycles. The minimum atomic E-state index is -0.0449. The Morgan fingerprint density at radius 2 is 0.417 bits per heavy atom. The summed E-state index contributed by atoms with van der Waals surface area (Å²) in [5.74, 6) is -0.179. The SMILES string of the molecule is CCCCCCc1ccc(-c2ccc(C3=C4C(=O)N(CCCCCC)C(c5ccc(-c6cc7c(-c8ccc(CCCCCC)s8)c8sc(-c9ccc(C%10=C%11C(=O)N(CCCCCC)C(c%12ccc(-c%13ccc(CCCCCC)s%13)s%12)=C%11C(=O)N%10CCCCCC)s9)cc8c(-c8ccc(CCCCCC)s8)c7s6)s5)=C4C(=O)N3CCCCCC)s2)s1. The van der Waals surface area contributed by atoms with Crippen LogP contribution in [0.25, 0.3) is 103 Å². The highest BCUT2D eigenvalue weighted by Gasteiger charge is 2.51. The number of amides is 4. The van der Waals surface area contributed by atoms with E-state index in [2.05, 4.69) is 165 Å². The van der Waals surface area contributed by atoms with Gasteiger partial charge < -0.3 is 19.6 Å². The third kappa shape index (κ3) is 19.3. The van der Waals surface area contributed by atoms with Crippen LogP contribution in [-0.4, -0.2) is 69.4 Å². The molecule has 0 aliphatic carbocycles. The van der Waals surface area contributed by atoms with E-state index < -0.39 is 0 Å². The van der Waals surface area contributed by atoms with Crippen LogP contribution in [0.4, 0.5) is 0 Å². The molecule has 11 aromatic rings. The molecule has 0 saturated heterocycles. The Kier molecular flexibility index (Phi) is 31.3. The van der Waals surface area contributed by atoms with Gasteiger partial charge in [-0.15, -0.1) is 113 Å². The predicted molar refractivity (Wildman–Crippen MR) is 528 cm³/mol. The number of unbranched alkanes of at least 4 members (excludes halogenated alkanes) is 24. The number of hydrogen-bond donors (Lipinski definition) is 0. The number of benzene rings is 1. The van der Waals surface area contributed by atoms with Gasteiger partial charge in [0.1, 0.15) is 0 Å². The van der Waals surface area contributed by atoms with Crippen molar-refractivity contribution in [1.29, 1.82) is 0 Å². The smallest absolute Gasteiger partial charge is 0.261 e. The highest BCUT2D eigenvalue weighted by atomic mass is 32.1. The number of thiophene rings is 10. The van der Waals surface area contributed by atoms with Gasteiger partial charge >= 0.3 is 0 Å². The average molecular weight is 1790 g/mol. The molecule has 0 radical (unpaired) electrons. The maximum Gasteiger partial charge on any atom is 0.261 e. The van der Waals surface area contributed by atoms with Crippen LogP contribution in [0.3, 0.4) is 0 Å². The molecule has 120 heavy (non-hydrogen) atoms. The predicted octanol–water partition coefficient (Wildman–Crippen LogP) is 33.0. The van der Waals surface area contributed by atoms with E-state index in [9.17, 15) is 0 Å². The molecular weight excluding hydrogens is 1670 g/mol. The Bertz CT molecular complexity index is 5120. The number of nitrogens with zero attached hydrogens (tertiary/aromatic N) is 4. The van der Waals surface area contributed by atoms with E-state index in [0.29, 0.717) is 48.5 Å². The second kappa shape index (κ2) is 42.5. The lowest BCUT2D eigenvalue weighted by Gasteiger charge is -2.24. The van der Waals surface area contributed by atoms with Crippen molar-refractivity contribution in [2.24, 2.45) is 0 Å². The van der Waals surface area contributed by atoms with Gasteiger partial charge in [0.2, 0.25) is 0 Å². The summed E-state index contributed by atoms with van der Waals surface area (Å²) >= 11 is 18.4. The van der Waals surface area contributed by atoms with E-state index in [-0.39, 0.29) is 23.6 Å². The molecule has 4 aliphatic heterocycles. The molecule has 18 heteroatoms. The van der Waals surface area contributed by atoms with Crippen LogP contribution < -0.4 is 0 Å². The van der Waals surface area contributed by atoms with E-state index in [1.54, 1.807) is 45.3 Å². The molecule has 0 fully saturated rings. The number of aryl methyl sites for hydroxylation is 4. The van der Waals surface area contributed by atoms with Gasteiger partial charge in [-0.1, -0.05) is 209 Å². The first kappa shape index (κ1) is 88.4. The first-order valence-electron chi connectivity index (χ1n) is 46.0. The van der Waals surface area contributed by atoms with Gasteiger partial charge in [0.05, 0.1) is 64.6 Å². The largest absolute Gasteiger partial charge is 0.306 e. The molecular formula is C102H122N4O4S10. The fraction of sp³-hybridized carbons (Fsp3) is 0.471. The highest BCUT2D eigenvalue weighted by Crippen LogP contribution is 2.58. The topological polar surface area (TPSA) is 81.2 Å². The van der Waals surface area contributed by atoms with Crippen molar-refractivity contribution < 1.29 is 19.2 Å². The van der Waals surface area contributed by atoms with Gasteiger partial charge in [0, 0.05) is 126 Å². The third-order valence-electron chi connectivity index (χ3n) is 24.3. The van der Waals surface area contributed by atoms with E-state index in [0.717, 1.165) is 180 Å². The molecule has 0 bridgehead atoms. The zero-order valence-electron chi connectivity index (χ0n) is 72.2. The Morgan fingerprint density at radius 1 is 0.208 bits per heavy atom. The Hall–Kier alpha value is -6.42. The van der Waals surface area contributed by atoms with Crippen molar-refractivity contribution in [2.45, 2.75) is 287 Å². The average Bonchev–Trinajstić information content (AvgIpc) is 1.57. The van der Waals surface area contributed by atoms with Crippen LogP contribution in [0.5, 0.6) is 0 Å². The molecule has 15 rings (SSSR count). The fourth-order valence-corrected chi connectivity index (χ4v) is 29.4. The summed E-state index contributed by atoms with van der Waals surface area (Å²) in [6.07, 6.45) is 40.2. The van der Waals surface area contributed by atoms with Crippen LogP contribution in [0.15, 0.2) is 131 Å². The lowest BCUT2D eigenvalue weighted by molar-refractivity contribution is -0.124. The van der Waals surface area contributed by atoms with Crippen LogP contribution in [0.2, 0.25) is 0 Å². The maximum absolute atomic E-state index is 15.8. The van der Waals surface area contributed by atoms with Crippen molar-refractivity contribution in [3.63, 3.8) is 0 Å². The van der Waals surface area contributed by atoms with E-state index in [1.165, 1.54) is 193 Å². The van der Waals surface area contributed by atoms with Crippen molar-refractivity contribution in [3.05, 3.63) is 171 Å². The normalized spacial score (nSPS) is 14.5. The summed E-state index contributed by atoms with van der Waals surface area (Å²) in [5, 5.41) is 2.50. The van der Waals surface area contributed by atoms with Gasteiger partial charge in [0.15, 0.2) is 0 Å². The van der Waals surface area contributed by atoms with Crippen molar-refractivity contribution in [2.75, 3.05) is 26.2 Å². The number of fused-ring (bicyclic) bond motifs is 4. The first-order chi connectivity index (χ1) is 58.9. The third-order valence-corrected chi connectivity index (χ3v) is 36.4. The molecule has 0 N–H and O–H groups in total. The summed E-state index contributed by atoms with van der Waals surface area (Å²) in [7, 11) is 0. The second-order valence-electron chi connectivity index (χ2n) is 33.4. The van der Waals surface area contributed by atoms with Crippen LogP contribution in [0, 0.1) is 0 Å². The van der Waals surface area contributed by atoms with Crippen molar-refractivity contribution in [1.82, 2.24) is 19.6 Å². The van der Waals surface area contributed by atoms with E-state index >= 15 is 19.2 Å². The van der Waals surface area contributed by atoms with Crippen molar-refractivity contribution in [3.8, 4) is 59.9 Å². The Balaban J connectivity index is 0.859. The molecule has 0 saturated carbocycles. The van der Waals surface area contributed by atoms with Gasteiger partial charge in [0.25, 0.3) is 23.6 Å². The minimum Gasteiger partial charge on any atom is -0.306 e. The Labute approximate surface area is 754 Å². The molecule has 10 aromatic heterocycles. The zero-order valence-corrected chi connectivity index (χ0v) is 80.3. The van der Waals surface area contributed by atoms with E-state index in [1.807, 2.05) is 87.6 Å². The summed E-state index contributed by atoms with van der Waals surface area (Å²) in [6.45, 7) is 20.3. The number of hydrogen-bond acceptors (Lipinski definition) is 14. The quantitative estimate of drug-likeness (QED) is 0.0356. The molecule has 634 valence electrons. The minimum absolute atomic E-state index is 0.0449. The lowest BCUT2D eigenvalue weighted by atomic mass is 9.99. The van der Waals surface area contributed by atoms with Gasteiger partial charge in [-0.05, 0) is 186 Å². The van der Waals surface area contributed by atoms with Gasteiger partial charge in [-0.2, -0.15) is 0 Å². The zero-order chi connectivity index (χ0) is 83.2. The standard InChI is InChI=1S/C102H122N4O4S10/c1-9-17-25-33-41-67-45-49-73(111-67)75-53-57-81(115-75)93-89-91(101(109)103(93)61-37-29-21-13-5)95(105(99(89)107)63-39-31-23-15-7)83-59-55-77(117-83)85-65-71-87(79-51-47-69(113-79)43-35-27-19-11-3)98-72(88(97(71)119-85)80-52-48-70(114-80)44-36-28-20-12-4)66-86(120-98)78-56-60-84(118-78)96-92-90(100(108)106(96)64-40-32-24-16-8)94(104(102(92)110)62-38-30-22-14-6)82-58-54-76(116-82)74-50-46-68(112-74)42-34-26-18-10-2/h45-60,65-66H,9-44,61-64H2,1-8H3.